The summed E-state index contributed by atoms with van der Waals surface area (Å²) in [5, 5.41) is 22.6. The molecule has 0 saturated carbocycles. The molecule has 0 bridgehead atoms. The zero-order valence-electron chi connectivity index (χ0n) is 11.0. The van der Waals surface area contributed by atoms with Crippen LogP contribution in [0.3, 0.4) is 0 Å². The molecule has 0 unspecified atom stereocenters. The summed E-state index contributed by atoms with van der Waals surface area (Å²) in [6.45, 7) is 0. The summed E-state index contributed by atoms with van der Waals surface area (Å²) in [7, 11) is -5.93. The van der Waals surface area contributed by atoms with E-state index in [2.05, 4.69) is 19.4 Å². The van der Waals surface area contributed by atoms with Crippen LogP contribution in [0.4, 0.5) is 0 Å². The van der Waals surface area contributed by atoms with Crippen molar-refractivity contribution in [2.75, 3.05) is 14.2 Å². The molecule has 12 heteroatoms. The lowest BCUT2D eigenvalue weighted by atomic mass is 10.2. The molecule has 0 atom stereocenters. The Morgan fingerprint density at radius 2 is 1.35 bits per heavy atom. The zero-order valence-corrected chi connectivity index (χ0v) is 12.8. The first-order valence-electron chi connectivity index (χ1n) is 5.45. The Morgan fingerprint density at radius 3 is 1.65 bits per heavy atom. The Balaban J connectivity index is 4.45. The highest BCUT2D eigenvalue weighted by Gasteiger charge is 2.30. The van der Waals surface area contributed by atoms with E-state index in [4.69, 9.17) is 20.2 Å². The third-order valence-corrected chi connectivity index (χ3v) is 5.31. The third kappa shape index (κ3) is 5.70. The molecular weight excluding hydrogens is 314 g/mol. The van der Waals surface area contributed by atoms with Gasteiger partial charge in [0.05, 0.1) is 0 Å². The number of unbranched alkanes of at least 4 members (excludes halogenated alkanes) is 1. The lowest BCUT2D eigenvalue weighted by Gasteiger charge is -2.14. The van der Waals surface area contributed by atoms with Crippen LogP contribution in [0.15, 0.2) is 10.3 Å². The van der Waals surface area contributed by atoms with Gasteiger partial charge in [-0.25, -0.2) is 0 Å². The van der Waals surface area contributed by atoms with Crippen LogP contribution in [-0.2, 0) is 18.2 Å². The molecular formula is C8H18N2O8P2. The molecule has 0 saturated heterocycles. The van der Waals surface area contributed by atoms with E-state index in [1.807, 2.05) is 0 Å². The van der Waals surface area contributed by atoms with Crippen molar-refractivity contribution in [3.63, 3.8) is 0 Å². The molecule has 0 aromatic carbocycles. The molecule has 0 spiro atoms. The summed E-state index contributed by atoms with van der Waals surface area (Å²) in [4.78, 5) is 17.6. The first-order valence-corrected chi connectivity index (χ1v) is 8.60. The van der Waals surface area contributed by atoms with Crippen LogP contribution < -0.4 is 0 Å². The van der Waals surface area contributed by atoms with E-state index in [1.54, 1.807) is 0 Å². The molecule has 0 aromatic heterocycles. The molecule has 0 aliphatic heterocycles. The molecule has 0 heterocycles. The van der Waals surface area contributed by atoms with Crippen molar-refractivity contribution in [1.29, 1.82) is 0 Å². The van der Waals surface area contributed by atoms with Crippen molar-refractivity contribution in [1.82, 2.24) is 0 Å². The van der Waals surface area contributed by atoms with Gasteiger partial charge in [-0.2, -0.15) is 0 Å². The molecule has 10 nitrogen and oxygen atoms in total. The van der Waals surface area contributed by atoms with Crippen LogP contribution in [0, 0.1) is 0 Å². The van der Waals surface area contributed by atoms with Gasteiger partial charge in [-0.05, 0) is 12.8 Å². The van der Waals surface area contributed by atoms with Crippen LogP contribution >= 0.6 is 15.2 Å². The molecule has 0 amide bonds. The summed E-state index contributed by atoms with van der Waals surface area (Å²) in [6.07, 6.45) is 0.380. The highest BCUT2D eigenvalue weighted by Crippen LogP contribution is 2.49. The van der Waals surface area contributed by atoms with E-state index in [-0.39, 0.29) is 31.1 Å². The summed E-state index contributed by atoms with van der Waals surface area (Å²) < 4.78 is 32.1. The average Bonchev–Trinajstić information content (AvgIpc) is 2.40. The summed E-state index contributed by atoms with van der Waals surface area (Å²) in [5.41, 5.74) is -0.831. The molecule has 0 radical (unpaired) electrons. The van der Waals surface area contributed by atoms with Gasteiger partial charge in [-0.1, -0.05) is 10.3 Å². The van der Waals surface area contributed by atoms with E-state index >= 15 is 0 Å². The van der Waals surface area contributed by atoms with Crippen molar-refractivity contribution in [3.05, 3.63) is 0 Å². The fourth-order valence-electron chi connectivity index (χ4n) is 1.35. The lowest BCUT2D eigenvalue weighted by molar-refractivity contribution is 0.282. The number of hydrogen-bond acceptors (Lipinski definition) is 8. The number of nitrogens with zero attached hydrogens (tertiary/aromatic N) is 2. The summed E-state index contributed by atoms with van der Waals surface area (Å²) >= 11 is 0. The van der Waals surface area contributed by atoms with Gasteiger partial charge in [-0.15, -0.1) is 0 Å². The van der Waals surface area contributed by atoms with Crippen molar-refractivity contribution in [2.24, 2.45) is 10.3 Å². The molecule has 20 heavy (non-hydrogen) atoms. The highest BCUT2D eigenvalue weighted by molar-refractivity contribution is 7.72. The minimum absolute atomic E-state index is 0.0370. The maximum absolute atomic E-state index is 11.9. The maximum atomic E-state index is 11.9. The van der Waals surface area contributed by atoms with Gasteiger partial charge in [0.1, 0.15) is 0 Å². The van der Waals surface area contributed by atoms with Gasteiger partial charge < -0.3 is 29.2 Å². The van der Waals surface area contributed by atoms with Crippen LogP contribution in [0.5, 0.6) is 0 Å². The lowest BCUT2D eigenvalue weighted by Crippen LogP contribution is -2.05. The number of rotatable bonds is 9. The van der Waals surface area contributed by atoms with Gasteiger partial charge in [0, 0.05) is 27.1 Å². The minimum atomic E-state index is -4.57. The monoisotopic (exact) mass is 332 g/mol. The normalized spacial score (nSPS) is 14.6. The predicted octanol–water partition coefficient (Wildman–Crippen LogP) is 1.79. The first-order chi connectivity index (χ1) is 9.25. The Kier molecular flexibility index (Phi) is 8.19. The second-order valence-electron chi connectivity index (χ2n) is 3.65. The summed E-state index contributed by atoms with van der Waals surface area (Å²) in [6, 6.07) is 0. The van der Waals surface area contributed by atoms with E-state index in [0.29, 0.717) is 0 Å². The van der Waals surface area contributed by atoms with Crippen molar-refractivity contribution in [3.8, 4) is 0 Å². The zero-order chi connectivity index (χ0) is 15.8. The van der Waals surface area contributed by atoms with E-state index in [1.165, 1.54) is 0 Å². The Bertz CT molecular complexity index is 449. The fourth-order valence-corrected chi connectivity index (χ4v) is 3.03. The van der Waals surface area contributed by atoms with Gasteiger partial charge >= 0.3 is 15.2 Å². The van der Waals surface area contributed by atoms with Gasteiger partial charge in [0.2, 0.25) is 0 Å². The molecule has 4 N–H and O–H groups in total. The van der Waals surface area contributed by atoms with Gasteiger partial charge in [-0.3, -0.25) is 9.13 Å². The Labute approximate surface area is 115 Å². The molecule has 0 rings (SSSR count). The predicted molar refractivity (Wildman–Crippen MR) is 70.6 cm³/mol. The van der Waals surface area contributed by atoms with Gasteiger partial charge in [0.25, 0.3) is 0 Å². The van der Waals surface area contributed by atoms with Crippen LogP contribution in [0.25, 0.3) is 0 Å². The van der Waals surface area contributed by atoms with E-state index in [0.717, 1.165) is 14.2 Å². The molecule has 0 aliphatic carbocycles. The third-order valence-electron chi connectivity index (χ3n) is 2.41. The number of hydrogen-bond donors (Lipinski definition) is 4. The SMILES string of the molecule is COP(=O)(OC)C(CCCCC(=NO)P(=O)(O)O)=NO. The fraction of sp³-hybridized carbons (Fsp3) is 0.750. The van der Waals surface area contributed by atoms with Crippen LogP contribution in [-0.4, -0.2) is 45.3 Å². The van der Waals surface area contributed by atoms with Crippen molar-refractivity contribution >= 4 is 26.1 Å². The van der Waals surface area contributed by atoms with Crippen LogP contribution in [0.2, 0.25) is 0 Å². The van der Waals surface area contributed by atoms with E-state index < -0.39 is 20.6 Å². The minimum Gasteiger partial charge on any atom is -0.410 e. The van der Waals surface area contributed by atoms with Crippen molar-refractivity contribution < 1.29 is 38.4 Å². The van der Waals surface area contributed by atoms with Gasteiger partial charge in [0.15, 0.2) is 10.9 Å². The second kappa shape index (κ2) is 8.51. The molecule has 0 aliphatic rings. The highest BCUT2D eigenvalue weighted by atomic mass is 31.2. The Morgan fingerprint density at radius 1 is 0.950 bits per heavy atom. The largest absolute Gasteiger partial charge is 0.410 e. The number of oxime groups is 2. The van der Waals surface area contributed by atoms with Crippen LogP contribution in [0.1, 0.15) is 25.7 Å². The van der Waals surface area contributed by atoms with Crippen molar-refractivity contribution in [2.45, 2.75) is 25.7 Å². The molecule has 0 fully saturated rings. The average molecular weight is 332 g/mol. The second-order valence-corrected chi connectivity index (χ2v) is 7.49. The quantitative estimate of drug-likeness (QED) is 0.163. The summed E-state index contributed by atoms with van der Waals surface area (Å²) in [5.74, 6) is 0. The maximum Gasteiger partial charge on any atom is 0.378 e. The first kappa shape index (κ1) is 19.2. The van der Waals surface area contributed by atoms with E-state index in [9.17, 15) is 9.13 Å². The smallest absolute Gasteiger partial charge is 0.378 e. The molecule has 0 aromatic rings. The molecule has 118 valence electrons. The standard InChI is InChI=1S/C8H18N2O8P2/c1-17-20(16,18-2)8(10-12)6-4-3-5-7(9-11)19(13,14)15/h11-12H,3-6H2,1-2H3,(H2,13,14,15). The topological polar surface area (TPSA) is 158 Å². The Hall–Kier alpha value is -0.760.